The van der Waals surface area contributed by atoms with Crippen LogP contribution in [-0.2, 0) is 16.0 Å². The maximum atomic E-state index is 13.5. The molecule has 1 aromatic carbocycles. The van der Waals surface area contributed by atoms with Crippen molar-refractivity contribution in [1.82, 2.24) is 10.2 Å². The maximum absolute atomic E-state index is 13.5. The zero-order chi connectivity index (χ0) is 21.1. The van der Waals surface area contributed by atoms with Crippen LogP contribution in [0.15, 0.2) is 42.5 Å². The molecule has 2 fully saturated rings. The van der Waals surface area contributed by atoms with Crippen LogP contribution in [0, 0.1) is 23.2 Å². The summed E-state index contributed by atoms with van der Waals surface area (Å²) in [6.45, 7) is 0.202. The highest BCUT2D eigenvalue weighted by atomic mass is 35.5. The lowest BCUT2D eigenvalue weighted by Gasteiger charge is -2.16. The Morgan fingerprint density at radius 2 is 1.90 bits per heavy atom. The minimum absolute atomic E-state index is 0.166. The third kappa shape index (κ3) is 4.16. The Labute approximate surface area is 182 Å². The number of carbonyl (C=O) groups is 2. The van der Waals surface area contributed by atoms with Gasteiger partial charge in [-0.05, 0) is 48.5 Å². The number of Topliss-reactive ketones (excluding diaryl/α,β-unsaturated/α-hetero) is 1. The Morgan fingerprint density at radius 3 is 2.53 bits per heavy atom. The van der Waals surface area contributed by atoms with Gasteiger partial charge in [0.25, 0.3) is 0 Å². The normalized spacial score (nSPS) is 21.6. The first-order valence-electron chi connectivity index (χ1n) is 9.92. The van der Waals surface area contributed by atoms with Crippen LogP contribution in [0.25, 0.3) is 0 Å². The molecule has 0 aliphatic carbocycles. The summed E-state index contributed by atoms with van der Waals surface area (Å²) < 4.78 is 0. The Bertz CT molecular complexity index is 1030. The fourth-order valence-electron chi connectivity index (χ4n) is 4.10. The number of nitrogens with zero attached hydrogens (tertiary/aromatic N) is 4. The van der Waals surface area contributed by atoms with E-state index in [1.54, 1.807) is 12.1 Å². The number of amides is 1. The number of hydrogen-bond donors (Lipinski definition) is 0. The molecule has 154 valence electrons. The molecule has 2 atom stereocenters. The number of nitriles is 1. The van der Waals surface area contributed by atoms with Gasteiger partial charge in [-0.1, -0.05) is 41.9 Å². The third-order valence-electron chi connectivity index (χ3n) is 5.62. The van der Waals surface area contributed by atoms with E-state index in [9.17, 15) is 14.9 Å². The van der Waals surface area contributed by atoms with E-state index in [0.29, 0.717) is 17.1 Å². The van der Waals surface area contributed by atoms with Crippen molar-refractivity contribution in [1.29, 1.82) is 5.26 Å². The summed E-state index contributed by atoms with van der Waals surface area (Å²) in [6.07, 6.45) is 2.54. The molecular weight excluding hydrogens is 420 g/mol. The van der Waals surface area contributed by atoms with E-state index >= 15 is 0 Å². The monoisotopic (exact) mass is 440 g/mol. The molecule has 0 unspecified atom stereocenters. The number of hydrogen-bond acceptors (Lipinski definition) is 5. The number of benzene rings is 1. The average molecular weight is 441 g/mol. The molecule has 0 bridgehead atoms. The molecular formula is C22H21ClN4O2S. The smallest absolute Gasteiger partial charge is 0.232 e. The van der Waals surface area contributed by atoms with Crippen molar-refractivity contribution in [3.63, 3.8) is 0 Å². The summed E-state index contributed by atoms with van der Waals surface area (Å²) >= 11 is 5.83. The van der Waals surface area contributed by atoms with Gasteiger partial charge < -0.3 is 0 Å². The van der Waals surface area contributed by atoms with Gasteiger partial charge in [0.1, 0.15) is 10.9 Å². The number of anilines is 1. The van der Waals surface area contributed by atoms with Gasteiger partial charge in [0, 0.05) is 6.54 Å². The van der Waals surface area contributed by atoms with Crippen molar-refractivity contribution in [2.24, 2.45) is 11.8 Å². The lowest BCUT2D eigenvalue weighted by Crippen LogP contribution is -2.31. The predicted octanol–water partition coefficient (Wildman–Crippen LogP) is 3.28. The van der Waals surface area contributed by atoms with Crippen molar-refractivity contribution < 1.29 is 9.59 Å². The van der Waals surface area contributed by atoms with Crippen LogP contribution in [0.2, 0.25) is 5.15 Å². The molecule has 8 heteroatoms. The van der Waals surface area contributed by atoms with Crippen molar-refractivity contribution in [3.05, 3.63) is 53.2 Å². The average Bonchev–Trinajstić information content (AvgIpc) is 3.39. The van der Waals surface area contributed by atoms with Crippen molar-refractivity contribution in [3.8, 4) is 6.07 Å². The van der Waals surface area contributed by atoms with Crippen LogP contribution in [0.1, 0.15) is 18.4 Å². The van der Waals surface area contributed by atoms with Gasteiger partial charge in [-0.15, -0.1) is 10.2 Å². The van der Waals surface area contributed by atoms with E-state index < -0.39 is 11.8 Å². The quantitative estimate of drug-likeness (QED) is 0.666. The van der Waals surface area contributed by atoms with Crippen molar-refractivity contribution in [2.75, 3.05) is 23.0 Å². The highest BCUT2D eigenvalue weighted by Crippen LogP contribution is 2.35. The highest BCUT2D eigenvalue weighted by molar-refractivity contribution is 8.17. The summed E-state index contributed by atoms with van der Waals surface area (Å²) in [5.74, 6) is 0.711. The SMILES string of the molecule is N#CC(C(=O)[C@H]1CN(c2ccc(Cl)nn2)C(=O)[C@@H]1Cc1ccccc1)=S1CCCC1. The number of ketones is 1. The second-order valence-corrected chi connectivity index (χ2v) is 10.1. The maximum Gasteiger partial charge on any atom is 0.232 e. The Hall–Kier alpha value is -2.56. The molecule has 2 aliphatic rings. The van der Waals surface area contributed by atoms with Crippen LogP contribution in [0.3, 0.4) is 0 Å². The topological polar surface area (TPSA) is 86.9 Å². The fraction of sp³-hybridized carbons (Fsp3) is 0.364. The van der Waals surface area contributed by atoms with Gasteiger partial charge in [-0.2, -0.15) is 15.7 Å². The first-order chi connectivity index (χ1) is 14.6. The van der Waals surface area contributed by atoms with E-state index in [0.717, 1.165) is 29.9 Å². The summed E-state index contributed by atoms with van der Waals surface area (Å²) in [4.78, 5) is 28.6. The summed E-state index contributed by atoms with van der Waals surface area (Å²) in [7, 11) is -0.292. The van der Waals surface area contributed by atoms with Crippen molar-refractivity contribution >= 4 is 44.5 Å². The zero-order valence-corrected chi connectivity index (χ0v) is 17.9. The molecule has 2 aliphatic heterocycles. The largest absolute Gasteiger partial charge is 0.294 e. The van der Waals surface area contributed by atoms with Gasteiger partial charge in [-0.3, -0.25) is 14.5 Å². The molecule has 0 saturated carbocycles. The molecule has 3 heterocycles. The predicted molar refractivity (Wildman–Crippen MR) is 119 cm³/mol. The van der Waals surface area contributed by atoms with Crippen LogP contribution in [0.4, 0.5) is 5.82 Å². The van der Waals surface area contributed by atoms with Crippen LogP contribution >= 0.6 is 22.1 Å². The van der Waals surface area contributed by atoms with E-state index in [1.165, 1.54) is 4.90 Å². The summed E-state index contributed by atoms with van der Waals surface area (Å²) in [5.41, 5.74) is 0.986. The fourth-order valence-corrected chi connectivity index (χ4v) is 6.48. The van der Waals surface area contributed by atoms with Crippen molar-refractivity contribution in [2.45, 2.75) is 19.3 Å². The van der Waals surface area contributed by atoms with Gasteiger partial charge in [-0.25, -0.2) is 0 Å². The van der Waals surface area contributed by atoms with E-state index in [4.69, 9.17) is 11.6 Å². The second kappa shape index (κ2) is 9.07. The standard InChI is InChI=1S/C22H21ClN4O2S/c23-19-8-9-20(26-25-19)27-14-17(21(28)18(13-24)30-10-4-5-11-30)16(22(27)29)12-15-6-2-1-3-7-15/h1-3,6-9,16-17H,4-5,10-12,14H2/t16-,17+/m1/s1. The molecule has 1 aromatic heterocycles. The highest BCUT2D eigenvalue weighted by Gasteiger charge is 2.46. The molecule has 2 saturated heterocycles. The van der Waals surface area contributed by atoms with E-state index in [-0.39, 0.29) is 33.9 Å². The number of rotatable bonds is 5. The minimum Gasteiger partial charge on any atom is -0.294 e. The van der Waals surface area contributed by atoms with Crippen LogP contribution < -0.4 is 4.90 Å². The second-order valence-electron chi connectivity index (χ2n) is 7.48. The molecule has 1 amide bonds. The van der Waals surface area contributed by atoms with E-state index in [1.807, 2.05) is 30.3 Å². The van der Waals surface area contributed by atoms with Gasteiger partial charge in [0.2, 0.25) is 5.91 Å². The molecule has 6 nitrogen and oxygen atoms in total. The lowest BCUT2D eigenvalue weighted by molar-refractivity contribution is -0.124. The number of halogens is 1. The van der Waals surface area contributed by atoms with E-state index in [2.05, 4.69) is 16.3 Å². The zero-order valence-electron chi connectivity index (χ0n) is 16.3. The molecule has 0 radical (unpaired) electrons. The Morgan fingerprint density at radius 1 is 1.17 bits per heavy atom. The Kier molecular flexibility index (Phi) is 6.26. The molecule has 0 spiro atoms. The number of aromatic nitrogens is 2. The van der Waals surface area contributed by atoms with Crippen LogP contribution in [-0.4, -0.2) is 44.8 Å². The third-order valence-corrected chi connectivity index (χ3v) is 8.26. The Balaban J connectivity index is 1.68. The molecule has 4 rings (SSSR count). The summed E-state index contributed by atoms with van der Waals surface area (Å²) in [5, 5.41) is 17.8. The van der Waals surface area contributed by atoms with Gasteiger partial charge >= 0.3 is 0 Å². The van der Waals surface area contributed by atoms with Gasteiger partial charge in [0.05, 0.1) is 11.8 Å². The molecule has 2 aromatic rings. The first kappa shape index (κ1) is 20.7. The van der Waals surface area contributed by atoms with Gasteiger partial charge in [0.15, 0.2) is 16.8 Å². The number of carbonyl (C=O) groups excluding carboxylic acids is 2. The summed E-state index contributed by atoms with van der Waals surface area (Å²) in [6, 6.07) is 15.0. The molecule has 30 heavy (non-hydrogen) atoms. The van der Waals surface area contributed by atoms with Crippen LogP contribution in [0.5, 0.6) is 0 Å². The minimum atomic E-state index is -0.571. The molecule has 0 N–H and O–H groups in total. The first-order valence-corrected chi connectivity index (χ1v) is 11.9. The lowest BCUT2D eigenvalue weighted by atomic mass is 9.85.